The van der Waals surface area contributed by atoms with Gasteiger partial charge in [-0.1, -0.05) is 12.1 Å². The minimum absolute atomic E-state index is 0. The van der Waals surface area contributed by atoms with E-state index in [-0.39, 0.29) is 20.4 Å². The van der Waals surface area contributed by atoms with Crippen molar-refractivity contribution in [3.63, 3.8) is 0 Å². The van der Waals surface area contributed by atoms with Gasteiger partial charge in [0.2, 0.25) is 0 Å². The quantitative estimate of drug-likeness (QED) is 0.720. The molecule has 0 amide bonds. The third kappa shape index (κ3) is 1.79. The van der Waals surface area contributed by atoms with Gasteiger partial charge >= 0.3 is 7.12 Å². The van der Waals surface area contributed by atoms with Crippen molar-refractivity contribution in [1.29, 1.82) is 0 Å². The fourth-order valence-corrected chi connectivity index (χ4v) is 1.43. The Morgan fingerprint density at radius 3 is 3.00 bits per heavy atom. The van der Waals surface area contributed by atoms with Crippen LogP contribution in [0.5, 0.6) is 5.75 Å². The third-order valence-electron chi connectivity index (χ3n) is 2.02. The largest absolute Gasteiger partial charge is 0.497 e. The van der Waals surface area contributed by atoms with E-state index in [1.165, 1.54) is 0 Å². The zero-order chi connectivity index (χ0) is 8.55. The van der Waals surface area contributed by atoms with Crippen LogP contribution in [0.15, 0.2) is 18.2 Å². The molecule has 1 aromatic carbocycles. The standard InChI is InChI=1S/C8H9BO3.Re/c1-11-7-4-2-3-6-5-12-9(10)8(6)7;/h2-4,10H,5H2,1H3;. The Hall–Kier alpha value is -0.333. The minimum Gasteiger partial charge on any atom is -0.497 e. The summed E-state index contributed by atoms with van der Waals surface area (Å²) in [6.07, 6.45) is 0. The normalized spacial score (nSPS) is 13.5. The molecule has 0 fully saturated rings. The van der Waals surface area contributed by atoms with Gasteiger partial charge in [0, 0.05) is 25.9 Å². The monoisotopic (exact) mass is 351 g/mol. The summed E-state index contributed by atoms with van der Waals surface area (Å²) in [5, 5.41) is 9.39. The van der Waals surface area contributed by atoms with Gasteiger partial charge in [-0.2, -0.15) is 0 Å². The van der Waals surface area contributed by atoms with Crippen LogP contribution in [0.3, 0.4) is 0 Å². The summed E-state index contributed by atoms with van der Waals surface area (Å²) in [7, 11) is 0.761. The Morgan fingerprint density at radius 1 is 1.54 bits per heavy atom. The molecule has 1 aliphatic heterocycles. The SMILES string of the molecule is COc1cccc2c1B(O)OC2.[Re]. The minimum atomic E-state index is -0.823. The first-order valence-electron chi connectivity index (χ1n) is 3.78. The van der Waals surface area contributed by atoms with Crippen LogP contribution in [0.2, 0.25) is 0 Å². The molecule has 0 saturated carbocycles. The fraction of sp³-hybridized carbons (Fsp3) is 0.250. The van der Waals surface area contributed by atoms with Crippen LogP contribution in [0.1, 0.15) is 5.56 Å². The van der Waals surface area contributed by atoms with E-state index in [0.29, 0.717) is 12.4 Å². The molecule has 0 aliphatic carbocycles. The topological polar surface area (TPSA) is 38.7 Å². The van der Waals surface area contributed by atoms with Crippen molar-refractivity contribution in [1.82, 2.24) is 0 Å². The van der Waals surface area contributed by atoms with Crippen molar-refractivity contribution in [3.8, 4) is 5.75 Å². The predicted molar refractivity (Wildman–Crippen MR) is 45.4 cm³/mol. The molecule has 1 radical (unpaired) electrons. The second kappa shape index (κ2) is 4.25. The van der Waals surface area contributed by atoms with Crippen LogP contribution in [-0.4, -0.2) is 19.3 Å². The molecule has 1 heterocycles. The molecule has 0 unspecified atom stereocenters. The molecule has 0 bridgehead atoms. The summed E-state index contributed by atoms with van der Waals surface area (Å²) in [4.78, 5) is 0. The second-order valence-electron chi connectivity index (χ2n) is 2.70. The first-order chi connectivity index (χ1) is 5.83. The zero-order valence-electron chi connectivity index (χ0n) is 7.16. The summed E-state index contributed by atoms with van der Waals surface area (Å²) < 4.78 is 10.1. The van der Waals surface area contributed by atoms with Crippen molar-refractivity contribution >= 4 is 12.6 Å². The third-order valence-corrected chi connectivity index (χ3v) is 2.02. The molecular formula is C8H9BO3Re. The van der Waals surface area contributed by atoms with Gasteiger partial charge in [0.1, 0.15) is 5.75 Å². The molecule has 13 heavy (non-hydrogen) atoms. The molecule has 3 nitrogen and oxygen atoms in total. The summed E-state index contributed by atoms with van der Waals surface area (Å²) >= 11 is 0. The van der Waals surface area contributed by atoms with Gasteiger partial charge in [0.15, 0.2) is 0 Å². The fourth-order valence-electron chi connectivity index (χ4n) is 1.43. The maximum atomic E-state index is 9.39. The average Bonchev–Trinajstić information content (AvgIpc) is 2.48. The van der Waals surface area contributed by atoms with Gasteiger partial charge < -0.3 is 14.4 Å². The number of ether oxygens (including phenoxy) is 1. The first kappa shape index (κ1) is 10.7. The molecule has 0 aromatic heterocycles. The average molecular weight is 350 g/mol. The Labute approximate surface area is 90.8 Å². The van der Waals surface area contributed by atoms with Crippen LogP contribution in [-0.2, 0) is 31.7 Å². The van der Waals surface area contributed by atoms with Crippen molar-refractivity contribution in [2.24, 2.45) is 0 Å². The maximum Gasteiger partial charge on any atom is 0.495 e. The van der Waals surface area contributed by atoms with E-state index in [1.54, 1.807) is 7.11 Å². The molecule has 0 atom stereocenters. The predicted octanol–water partition coefficient (Wildman–Crippen LogP) is -0.0896. The molecule has 0 saturated heterocycles. The second-order valence-corrected chi connectivity index (χ2v) is 2.70. The number of hydrogen-bond donors (Lipinski definition) is 1. The first-order valence-corrected chi connectivity index (χ1v) is 3.78. The summed E-state index contributed by atoms with van der Waals surface area (Å²) in [5.74, 6) is 0.692. The van der Waals surface area contributed by atoms with E-state index >= 15 is 0 Å². The Morgan fingerprint density at radius 2 is 2.31 bits per heavy atom. The van der Waals surface area contributed by atoms with Crippen LogP contribution in [0.25, 0.3) is 0 Å². The smallest absolute Gasteiger partial charge is 0.495 e. The maximum absolute atomic E-state index is 9.39. The van der Waals surface area contributed by atoms with Crippen molar-refractivity contribution in [2.75, 3.05) is 7.11 Å². The van der Waals surface area contributed by atoms with Gasteiger partial charge in [-0.25, -0.2) is 0 Å². The van der Waals surface area contributed by atoms with Crippen LogP contribution >= 0.6 is 0 Å². The Bertz CT molecular complexity index is 305. The summed E-state index contributed by atoms with van der Waals surface area (Å²) in [6.45, 7) is 0.466. The molecule has 1 aliphatic rings. The van der Waals surface area contributed by atoms with Gasteiger partial charge in [0.25, 0.3) is 0 Å². The van der Waals surface area contributed by atoms with E-state index in [9.17, 15) is 5.02 Å². The number of rotatable bonds is 1. The van der Waals surface area contributed by atoms with E-state index in [2.05, 4.69) is 0 Å². The summed E-state index contributed by atoms with van der Waals surface area (Å²) in [5.41, 5.74) is 1.77. The van der Waals surface area contributed by atoms with Crippen LogP contribution in [0, 0.1) is 0 Å². The van der Waals surface area contributed by atoms with E-state index in [4.69, 9.17) is 9.39 Å². The Balaban J connectivity index is 0.000000845. The molecule has 69 valence electrons. The van der Waals surface area contributed by atoms with Crippen molar-refractivity contribution in [2.45, 2.75) is 6.61 Å². The number of hydrogen-bond acceptors (Lipinski definition) is 3. The van der Waals surface area contributed by atoms with Gasteiger partial charge in [-0.15, -0.1) is 0 Å². The molecule has 0 spiro atoms. The Kier molecular flexibility index (Phi) is 3.52. The number of benzene rings is 1. The van der Waals surface area contributed by atoms with E-state index in [1.807, 2.05) is 18.2 Å². The van der Waals surface area contributed by atoms with Crippen molar-refractivity contribution < 1.29 is 34.8 Å². The number of fused-ring (bicyclic) bond motifs is 1. The zero-order valence-corrected chi connectivity index (χ0v) is 9.87. The molecule has 1 N–H and O–H groups in total. The molecular weight excluding hydrogens is 341 g/mol. The van der Waals surface area contributed by atoms with Crippen molar-refractivity contribution in [3.05, 3.63) is 23.8 Å². The number of methoxy groups -OCH3 is 1. The molecule has 1 aromatic rings. The molecule has 5 heteroatoms. The van der Waals surface area contributed by atoms with Gasteiger partial charge in [0.05, 0.1) is 13.7 Å². The van der Waals surface area contributed by atoms with Crippen LogP contribution in [0.4, 0.5) is 0 Å². The molecule has 2 rings (SSSR count). The van der Waals surface area contributed by atoms with Gasteiger partial charge in [-0.05, 0) is 11.6 Å². The van der Waals surface area contributed by atoms with E-state index in [0.717, 1.165) is 11.0 Å². The van der Waals surface area contributed by atoms with Crippen LogP contribution < -0.4 is 10.2 Å². The van der Waals surface area contributed by atoms with Gasteiger partial charge in [-0.3, -0.25) is 0 Å². The van der Waals surface area contributed by atoms with E-state index < -0.39 is 7.12 Å². The summed E-state index contributed by atoms with van der Waals surface area (Å²) in [6, 6.07) is 5.63.